The molecule has 3 nitrogen and oxygen atoms in total. The van der Waals surface area contributed by atoms with Gasteiger partial charge in [-0.05, 0) is 23.5 Å². The molecule has 1 atom stereocenters. The molecule has 17 heavy (non-hydrogen) atoms. The minimum Gasteiger partial charge on any atom is -0.367 e. The van der Waals surface area contributed by atoms with Crippen molar-refractivity contribution in [1.82, 2.24) is 0 Å². The van der Waals surface area contributed by atoms with E-state index < -0.39 is 11.5 Å². The number of hydrogen-bond donors (Lipinski definition) is 1. The number of hydrogen-bond acceptors (Lipinski definition) is 2. The molecule has 0 saturated carbocycles. The second kappa shape index (κ2) is 4.49. The Morgan fingerprint density at radius 3 is 1.76 bits per heavy atom. The van der Waals surface area contributed by atoms with Crippen molar-refractivity contribution in [2.45, 2.75) is 38.7 Å². The summed E-state index contributed by atoms with van der Waals surface area (Å²) < 4.78 is 5.24. The van der Waals surface area contributed by atoms with Crippen molar-refractivity contribution in [1.29, 1.82) is 0 Å². The molecule has 1 aromatic carbocycles. The highest BCUT2D eigenvalue weighted by molar-refractivity contribution is 5.84. The molecular weight excluding hydrogens is 214 g/mol. The quantitative estimate of drug-likeness (QED) is 0.874. The minimum atomic E-state index is -1.06. The number of carbonyl (C=O) groups is 1. The minimum absolute atomic E-state index is 0.0920. The fourth-order valence-corrected chi connectivity index (χ4v) is 1.65. The van der Waals surface area contributed by atoms with Gasteiger partial charge in [-0.25, -0.2) is 0 Å². The highest BCUT2D eigenvalue weighted by Gasteiger charge is 2.33. The van der Waals surface area contributed by atoms with Gasteiger partial charge in [-0.1, -0.05) is 45.0 Å². The lowest BCUT2D eigenvalue weighted by atomic mass is 9.85. The normalized spacial score (nSPS) is 15.4. The van der Waals surface area contributed by atoms with E-state index in [2.05, 4.69) is 20.8 Å². The fraction of sp³-hybridized carbons (Fsp3) is 0.500. The van der Waals surface area contributed by atoms with Gasteiger partial charge in [-0.3, -0.25) is 4.79 Å². The zero-order chi connectivity index (χ0) is 13.3. The molecule has 1 unspecified atom stereocenters. The van der Waals surface area contributed by atoms with Crippen LogP contribution in [0, 0.1) is 0 Å². The standard InChI is InChI=1S/C14H21NO2/c1-13(2,3)10-6-8-11(9-7-10)14(4,17-5)12(15)16/h6-9H,1-5H3,(H2,15,16). The molecule has 0 aliphatic heterocycles. The topological polar surface area (TPSA) is 52.3 Å². The van der Waals surface area contributed by atoms with Crippen LogP contribution in [0.1, 0.15) is 38.8 Å². The number of amides is 1. The summed E-state index contributed by atoms with van der Waals surface area (Å²) in [4.78, 5) is 11.4. The van der Waals surface area contributed by atoms with E-state index in [0.717, 1.165) is 5.56 Å². The molecule has 1 amide bonds. The van der Waals surface area contributed by atoms with E-state index >= 15 is 0 Å². The van der Waals surface area contributed by atoms with Crippen LogP contribution in [-0.2, 0) is 20.5 Å². The average molecular weight is 235 g/mol. The molecule has 0 fully saturated rings. The van der Waals surface area contributed by atoms with Gasteiger partial charge < -0.3 is 10.5 Å². The maximum atomic E-state index is 11.4. The number of rotatable bonds is 3. The van der Waals surface area contributed by atoms with Crippen LogP contribution in [0.3, 0.4) is 0 Å². The predicted octanol–water partition coefficient (Wildman–Crippen LogP) is 2.33. The molecule has 1 rings (SSSR count). The molecule has 0 aliphatic rings. The van der Waals surface area contributed by atoms with Gasteiger partial charge in [-0.2, -0.15) is 0 Å². The first kappa shape index (κ1) is 13.7. The van der Waals surface area contributed by atoms with E-state index in [4.69, 9.17) is 10.5 Å². The van der Waals surface area contributed by atoms with Gasteiger partial charge in [0.1, 0.15) is 0 Å². The first-order chi connectivity index (χ1) is 7.71. The van der Waals surface area contributed by atoms with Crippen molar-refractivity contribution in [2.75, 3.05) is 7.11 Å². The van der Waals surface area contributed by atoms with Gasteiger partial charge in [-0.15, -0.1) is 0 Å². The summed E-state index contributed by atoms with van der Waals surface area (Å²) in [5.74, 6) is -0.483. The SMILES string of the molecule is COC(C)(C(N)=O)c1ccc(C(C)(C)C)cc1. The van der Waals surface area contributed by atoms with Crippen molar-refractivity contribution in [3.8, 4) is 0 Å². The lowest BCUT2D eigenvalue weighted by molar-refractivity contribution is -0.139. The molecule has 1 aromatic rings. The van der Waals surface area contributed by atoms with E-state index in [1.54, 1.807) is 6.92 Å². The Morgan fingerprint density at radius 2 is 1.47 bits per heavy atom. The molecule has 94 valence electrons. The molecule has 0 bridgehead atoms. The number of methoxy groups -OCH3 is 1. The Hall–Kier alpha value is -1.35. The summed E-state index contributed by atoms with van der Waals surface area (Å²) in [6.45, 7) is 8.12. The van der Waals surface area contributed by atoms with E-state index in [1.165, 1.54) is 12.7 Å². The third kappa shape index (κ3) is 2.67. The molecular formula is C14H21NO2. The van der Waals surface area contributed by atoms with Gasteiger partial charge in [0.2, 0.25) is 0 Å². The van der Waals surface area contributed by atoms with Crippen LogP contribution in [0.5, 0.6) is 0 Å². The number of carbonyl (C=O) groups excluding carboxylic acids is 1. The lowest BCUT2D eigenvalue weighted by Crippen LogP contribution is -2.40. The van der Waals surface area contributed by atoms with Crippen molar-refractivity contribution in [2.24, 2.45) is 5.73 Å². The van der Waals surface area contributed by atoms with Crippen LogP contribution in [0.4, 0.5) is 0 Å². The first-order valence-electron chi connectivity index (χ1n) is 5.68. The third-order valence-electron chi connectivity index (χ3n) is 3.18. The van der Waals surface area contributed by atoms with Gasteiger partial charge in [0, 0.05) is 7.11 Å². The Balaban J connectivity index is 3.14. The van der Waals surface area contributed by atoms with Gasteiger partial charge in [0.05, 0.1) is 0 Å². The number of benzene rings is 1. The number of nitrogens with two attached hydrogens (primary N) is 1. The van der Waals surface area contributed by atoms with Crippen LogP contribution in [0.15, 0.2) is 24.3 Å². The molecule has 3 heteroatoms. The summed E-state index contributed by atoms with van der Waals surface area (Å²) in [6.07, 6.45) is 0. The third-order valence-corrected chi connectivity index (χ3v) is 3.18. The van der Waals surface area contributed by atoms with Crippen LogP contribution < -0.4 is 5.73 Å². The summed E-state index contributed by atoms with van der Waals surface area (Å²) in [5.41, 5.74) is 6.40. The summed E-state index contributed by atoms with van der Waals surface area (Å²) in [6, 6.07) is 7.81. The van der Waals surface area contributed by atoms with E-state index in [1.807, 2.05) is 24.3 Å². The zero-order valence-electron chi connectivity index (χ0n) is 11.2. The maximum absolute atomic E-state index is 11.4. The second-order valence-electron chi connectivity index (χ2n) is 5.43. The highest BCUT2D eigenvalue weighted by Crippen LogP contribution is 2.28. The first-order valence-corrected chi connectivity index (χ1v) is 5.68. The molecule has 0 spiro atoms. The van der Waals surface area contributed by atoms with E-state index in [9.17, 15) is 4.79 Å². The maximum Gasteiger partial charge on any atom is 0.254 e. The Labute approximate surface area is 103 Å². The molecule has 0 radical (unpaired) electrons. The summed E-state index contributed by atoms with van der Waals surface area (Å²) in [5, 5.41) is 0. The van der Waals surface area contributed by atoms with Crippen molar-refractivity contribution in [3.63, 3.8) is 0 Å². The monoisotopic (exact) mass is 235 g/mol. The lowest BCUT2D eigenvalue weighted by Gasteiger charge is -2.26. The van der Waals surface area contributed by atoms with Crippen LogP contribution in [0.2, 0.25) is 0 Å². The Morgan fingerprint density at radius 1 is 1.06 bits per heavy atom. The average Bonchev–Trinajstić information content (AvgIpc) is 2.26. The number of primary amides is 1. The van der Waals surface area contributed by atoms with Gasteiger partial charge in [0.25, 0.3) is 5.91 Å². The molecule has 0 aliphatic carbocycles. The number of ether oxygens (including phenoxy) is 1. The Bertz CT molecular complexity index is 403. The predicted molar refractivity (Wildman–Crippen MR) is 68.7 cm³/mol. The van der Waals surface area contributed by atoms with Crippen molar-refractivity contribution in [3.05, 3.63) is 35.4 Å². The molecule has 0 heterocycles. The smallest absolute Gasteiger partial charge is 0.254 e. The highest BCUT2D eigenvalue weighted by atomic mass is 16.5. The largest absolute Gasteiger partial charge is 0.367 e. The van der Waals surface area contributed by atoms with E-state index in [-0.39, 0.29) is 5.41 Å². The van der Waals surface area contributed by atoms with Crippen LogP contribution in [0.25, 0.3) is 0 Å². The van der Waals surface area contributed by atoms with Crippen LogP contribution >= 0.6 is 0 Å². The second-order valence-corrected chi connectivity index (χ2v) is 5.43. The molecule has 0 saturated heterocycles. The molecule has 2 N–H and O–H groups in total. The molecule has 0 aromatic heterocycles. The van der Waals surface area contributed by atoms with Gasteiger partial charge in [0.15, 0.2) is 5.60 Å². The van der Waals surface area contributed by atoms with Crippen molar-refractivity contribution < 1.29 is 9.53 Å². The Kier molecular flexibility index (Phi) is 3.62. The zero-order valence-corrected chi connectivity index (χ0v) is 11.2. The van der Waals surface area contributed by atoms with E-state index in [0.29, 0.717) is 0 Å². The summed E-state index contributed by atoms with van der Waals surface area (Å²) >= 11 is 0. The van der Waals surface area contributed by atoms with Crippen LogP contribution in [-0.4, -0.2) is 13.0 Å². The van der Waals surface area contributed by atoms with Gasteiger partial charge >= 0.3 is 0 Å². The fourth-order valence-electron chi connectivity index (χ4n) is 1.65. The van der Waals surface area contributed by atoms with Crippen molar-refractivity contribution >= 4 is 5.91 Å². The summed E-state index contributed by atoms with van der Waals surface area (Å²) in [7, 11) is 1.49.